The fourth-order valence-corrected chi connectivity index (χ4v) is 3.29. The van der Waals surface area contributed by atoms with Crippen LogP contribution in [0.25, 0.3) is 0 Å². The number of likely N-dealkylation sites (N-methyl/N-ethyl adjacent to an activating group) is 1. The Bertz CT molecular complexity index is 700. The van der Waals surface area contributed by atoms with Crippen molar-refractivity contribution in [2.75, 3.05) is 18.5 Å². The number of thiophene rings is 1. The fraction of sp³-hybridized carbons (Fsp3) is 0.294. The summed E-state index contributed by atoms with van der Waals surface area (Å²) in [6.07, 6.45) is 0.429. The van der Waals surface area contributed by atoms with Crippen molar-refractivity contribution in [3.05, 3.63) is 46.7 Å². The van der Waals surface area contributed by atoms with Gasteiger partial charge in [-0.25, -0.2) is 0 Å². The third-order valence-electron chi connectivity index (χ3n) is 3.82. The highest BCUT2D eigenvalue weighted by Crippen LogP contribution is 2.33. The monoisotopic (exact) mass is 330 g/mol. The summed E-state index contributed by atoms with van der Waals surface area (Å²) in [6, 6.07) is 9.35. The summed E-state index contributed by atoms with van der Waals surface area (Å²) >= 11 is 1.62. The van der Waals surface area contributed by atoms with Gasteiger partial charge in [0.25, 0.3) is 5.91 Å². The number of nitrogens with one attached hydrogen (secondary N) is 1. The third kappa shape index (κ3) is 3.37. The van der Waals surface area contributed by atoms with Crippen LogP contribution in [0.4, 0.5) is 5.69 Å². The van der Waals surface area contributed by atoms with E-state index in [-0.39, 0.29) is 18.4 Å². The number of carbonyl (C=O) groups excluding carboxylic acids is 2. The van der Waals surface area contributed by atoms with Gasteiger partial charge in [-0.1, -0.05) is 12.1 Å². The predicted molar refractivity (Wildman–Crippen MR) is 89.9 cm³/mol. The van der Waals surface area contributed by atoms with Crippen LogP contribution in [-0.4, -0.2) is 31.5 Å². The SMILES string of the molecule is CNC(=O)C1CN(C(=O)CCc2ccsc2)c2ccccc2O1. The molecule has 0 fully saturated rings. The molecule has 1 aromatic heterocycles. The van der Waals surface area contributed by atoms with Crippen molar-refractivity contribution >= 4 is 28.8 Å². The number of ether oxygens (including phenoxy) is 1. The lowest BCUT2D eigenvalue weighted by Crippen LogP contribution is -2.50. The minimum Gasteiger partial charge on any atom is -0.477 e. The number of aryl methyl sites for hydroxylation is 1. The van der Waals surface area contributed by atoms with Crippen molar-refractivity contribution < 1.29 is 14.3 Å². The average molecular weight is 330 g/mol. The number of benzene rings is 1. The molecule has 23 heavy (non-hydrogen) atoms. The summed E-state index contributed by atoms with van der Waals surface area (Å²) in [5.74, 6) is 0.340. The molecule has 0 aliphatic carbocycles. The number of amides is 2. The van der Waals surface area contributed by atoms with Gasteiger partial charge >= 0.3 is 0 Å². The van der Waals surface area contributed by atoms with E-state index in [0.717, 1.165) is 11.3 Å². The molecule has 1 N–H and O–H groups in total. The molecule has 0 saturated heterocycles. The first kappa shape index (κ1) is 15.6. The smallest absolute Gasteiger partial charge is 0.262 e. The Morgan fingerprint density at radius 2 is 2.17 bits per heavy atom. The molecular formula is C17H18N2O3S. The van der Waals surface area contributed by atoms with E-state index in [4.69, 9.17) is 4.74 Å². The topological polar surface area (TPSA) is 58.6 Å². The van der Waals surface area contributed by atoms with Crippen LogP contribution in [0, 0.1) is 0 Å². The van der Waals surface area contributed by atoms with Crippen molar-refractivity contribution in [1.82, 2.24) is 5.32 Å². The zero-order valence-electron chi connectivity index (χ0n) is 12.8. The quantitative estimate of drug-likeness (QED) is 0.935. The Hall–Kier alpha value is -2.34. The second-order valence-corrected chi connectivity index (χ2v) is 6.10. The summed E-state index contributed by atoms with van der Waals surface area (Å²) in [5, 5.41) is 6.63. The lowest BCUT2D eigenvalue weighted by Gasteiger charge is -2.34. The van der Waals surface area contributed by atoms with Gasteiger partial charge in [0, 0.05) is 13.5 Å². The largest absolute Gasteiger partial charge is 0.477 e. The molecule has 1 aliphatic heterocycles. The summed E-state index contributed by atoms with van der Waals surface area (Å²) in [4.78, 5) is 26.2. The van der Waals surface area contributed by atoms with E-state index in [1.54, 1.807) is 29.4 Å². The van der Waals surface area contributed by atoms with Gasteiger partial charge in [-0.05, 0) is 40.9 Å². The maximum absolute atomic E-state index is 12.7. The van der Waals surface area contributed by atoms with Gasteiger partial charge in [0.1, 0.15) is 5.75 Å². The molecule has 3 rings (SSSR count). The molecule has 2 amide bonds. The third-order valence-corrected chi connectivity index (χ3v) is 4.55. The molecule has 0 spiro atoms. The molecule has 1 atom stereocenters. The molecule has 1 unspecified atom stereocenters. The van der Waals surface area contributed by atoms with Gasteiger partial charge in [0.15, 0.2) is 6.10 Å². The molecular weight excluding hydrogens is 312 g/mol. The number of para-hydroxylation sites is 2. The molecule has 6 heteroatoms. The van der Waals surface area contributed by atoms with Gasteiger partial charge < -0.3 is 15.0 Å². The first-order valence-corrected chi connectivity index (χ1v) is 8.42. The normalized spacial score (nSPS) is 16.4. The van der Waals surface area contributed by atoms with E-state index >= 15 is 0 Å². The summed E-state index contributed by atoms with van der Waals surface area (Å²) in [6.45, 7) is 0.235. The first-order valence-electron chi connectivity index (χ1n) is 7.47. The standard InChI is InChI=1S/C17H18N2O3S/c1-18-17(21)15-10-19(13-4-2-3-5-14(13)22-15)16(20)7-6-12-8-9-23-11-12/h2-5,8-9,11,15H,6-7,10H2,1H3,(H,18,21). The lowest BCUT2D eigenvalue weighted by atomic mass is 10.1. The van der Waals surface area contributed by atoms with E-state index in [1.807, 2.05) is 35.0 Å². The van der Waals surface area contributed by atoms with Crippen LogP contribution in [0.2, 0.25) is 0 Å². The molecule has 0 bridgehead atoms. The average Bonchev–Trinajstić information content (AvgIpc) is 3.11. The highest BCUT2D eigenvalue weighted by molar-refractivity contribution is 7.07. The van der Waals surface area contributed by atoms with Crippen LogP contribution >= 0.6 is 11.3 Å². The van der Waals surface area contributed by atoms with E-state index in [0.29, 0.717) is 18.6 Å². The maximum atomic E-state index is 12.7. The zero-order valence-corrected chi connectivity index (χ0v) is 13.6. The molecule has 120 valence electrons. The number of rotatable bonds is 4. The molecule has 5 nitrogen and oxygen atoms in total. The molecule has 1 aromatic carbocycles. The van der Waals surface area contributed by atoms with Crippen molar-refractivity contribution in [3.63, 3.8) is 0 Å². The van der Waals surface area contributed by atoms with Crippen LogP contribution in [0.5, 0.6) is 5.75 Å². The van der Waals surface area contributed by atoms with Crippen LogP contribution in [-0.2, 0) is 16.0 Å². The summed E-state index contributed by atoms with van der Waals surface area (Å²) in [5.41, 5.74) is 1.88. The molecule has 0 radical (unpaired) electrons. The number of fused-ring (bicyclic) bond motifs is 1. The lowest BCUT2D eigenvalue weighted by molar-refractivity contribution is -0.127. The summed E-state index contributed by atoms with van der Waals surface area (Å²) < 4.78 is 5.71. The van der Waals surface area contributed by atoms with Crippen molar-refractivity contribution in [3.8, 4) is 5.75 Å². The van der Waals surface area contributed by atoms with Gasteiger partial charge in [-0.2, -0.15) is 11.3 Å². The van der Waals surface area contributed by atoms with Gasteiger partial charge in [-0.3, -0.25) is 9.59 Å². The molecule has 2 aromatic rings. The van der Waals surface area contributed by atoms with E-state index in [9.17, 15) is 9.59 Å². The Morgan fingerprint density at radius 3 is 2.91 bits per heavy atom. The van der Waals surface area contributed by atoms with E-state index < -0.39 is 6.10 Å². The fourth-order valence-electron chi connectivity index (χ4n) is 2.59. The minimum absolute atomic E-state index is 0.000790. The predicted octanol–water partition coefficient (Wildman–Crippen LogP) is 2.22. The van der Waals surface area contributed by atoms with Crippen molar-refractivity contribution in [1.29, 1.82) is 0 Å². The molecule has 1 aliphatic rings. The zero-order chi connectivity index (χ0) is 16.2. The maximum Gasteiger partial charge on any atom is 0.262 e. The second kappa shape index (κ2) is 6.83. The van der Waals surface area contributed by atoms with Crippen molar-refractivity contribution in [2.45, 2.75) is 18.9 Å². The van der Waals surface area contributed by atoms with E-state index in [1.165, 1.54) is 0 Å². The highest BCUT2D eigenvalue weighted by atomic mass is 32.1. The second-order valence-electron chi connectivity index (χ2n) is 5.32. The van der Waals surface area contributed by atoms with Gasteiger partial charge in [0.2, 0.25) is 5.91 Å². The Labute approximate surface area is 138 Å². The number of anilines is 1. The Kier molecular flexibility index (Phi) is 4.62. The Balaban J connectivity index is 1.78. The van der Waals surface area contributed by atoms with Crippen LogP contribution in [0.1, 0.15) is 12.0 Å². The number of nitrogens with zero attached hydrogens (tertiary/aromatic N) is 1. The van der Waals surface area contributed by atoms with Crippen LogP contribution in [0.15, 0.2) is 41.1 Å². The van der Waals surface area contributed by atoms with Gasteiger partial charge in [-0.15, -0.1) is 0 Å². The van der Waals surface area contributed by atoms with Crippen LogP contribution < -0.4 is 15.0 Å². The minimum atomic E-state index is -0.681. The van der Waals surface area contributed by atoms with Crippen LogP contribution in [0.3, 0.4) is 0 Å². The highest BCUT2D eigenvalue weighted by Gasteiger charge is 2.32. The number of hydrogen-bond acceptors (Lipinski definition) is 4. The number of hydrogen-bond donors (Lipinski definition) is 1. The number of carbonyl (C=O) groups is 2. The first-order chi connectivity index (χ1) is 11.2. The molecule has 2 heterocycles. The molecule has 0 saturated carbocycles. The summed E-state index contributed by atoms with van der Waals surface area (Å²) in [7, 11) is 1.56. The van der Waals surface area contributed by atoms with Gasteiger partial charge in [0.05, 0.1) is 12.2 Å². The van der Waals surface area contributed by atoms with Crippen molar-refractivity contribution in [2.24, 2.45) is 0 Å². The Morgan fingerprint density at radius 1 is 1.35 bits per heavy atom. The van der Waals surface area contributed by atoms with E-state index in [2.05, 4.69) is 5.32 Å².